The van der Waals surface area contributed by atoms with Gasteiger partial charge in [-0.05, 0) is 25.8 Å². The molecule has 0 radical (unpaired) electrons. The van der Waals surface area contributed by atoms with Crippen LogP contribution in [0.4, 0.5) is 0 Å². The van der Waals surface area contributed by atoms with Crippen molar-refractivity contribution in [2.45, 2.75) is 39.5 Å². The molecule has 1 aliphatic rings. The molecule has 0 aromatic heterocycles. The number of likely N-dealkylation sites (N-methyl/N-ethyl adjacent to an activating group) is 1. The van der Waals surface area contributed by atoms with E-state index in [1.165, 1.54) is 25.7 Å². The maximum atomic E-state index is 9.87. The second kappa shape index (κ2) is 9.13. The zero-order chi connectivity index (χ0) is 10.8. The van der Waals surface area contributed by atoms with Crippen LogP contribution in [0.5, 0.6) is 0 Å². The minimum absolute atomic E-state index is 0.434. The molecule has 1 fully saturated rings. The fraction of sp³-hybridized carbons (Fsp3) is 1.00. The summed E-state index contributed by atoms with van der Waals surface area (Å²) in [5.74, 6) is 0.877. The van der Waals surface area contributed by atoms with Crippen molar-refractivity contribution in [2.75, 3.05) is 26.7 Å². The third kappa shape index (κ3) is 6.08. The number of hydrogen-bond acceptors (Lipinski definition) is 3. The van der Waals surface area contributed by atoms with Gasteiger partial charge in [0.15, 0.2) is 0 Å². The summed E-state index contributed by atoms with van der Waals surface area (Å²) in [4.78, 5) is 12.1. The van der Waals surface area contributed by atoms with Crippen LogP contribution >= 0.6 is 0 Å². The molecule has 1 aliphatic carbocycles. The molecule has 0 aromatic rings. The van der Waals surface area contributed by atoms with Crippen LogP contribution in [0, 0.1) is 10.8 Å². The summed E-state index contributed by atoms with van der Waals surface area (Å²) >= 11 is 0. The minimum atomic E-state index is 0.434. The highest BCUT2D eigenvalue weighted by Crippen LogP contribution is 2.24. The van der Waals surface area contributed by atoms with Crippen LogP contribution < -0.4 is 0 Å². The molecule has 0 atom stereocenters. The first-order chi connectivity index (χ1) is 6.83. The van der Waals surface area contributed by atoms with Gasteiger partial charge in [-0.15, -0.1) is 0 Å². The predicted octanol–water partition coefficient (Wildman–Crippen LogP) is 2.90. The highest BCUT2D eigenvalue weighted by molar-refractivity contribution is 4.70. The van der Waals surface area contributed by atoms with E-state index in [0.29, 0.717) is 6.54 Å². The second-order valence-electron chi connectivity index (χ2n) is 3.77. The lowest BCUT2D eigenvalue weighted by atomic mass is 10.1. The van der Waals surface area contributed by atoms with Gasteiger partial charge in [0.2, 0.25) is 0 Å². The highest BCUT2D eigenvalue weighted by Gasteiger charge is 2.16. The van der Waals surface area contributed by atoms with Gasteiger partial charge in [-0.2, -0.15) is 4.91 Å². The molecule has 0 aromatic carbocycles. The molecule has 1 saturated carbocycles. The Morgan fingerprint density at radius 1 is 1.29 bits per heavy atom. The van der Waals surface area contributed by atoms with Gasteiger partial charge in [0.05, 0.1) is 6.54 Å². The van der Waals surface area contributed by atoms with Crippen molar-refractivity contribution in [3.63, 3.8) is 0 Å². The molecular weight excluding hydrogens is 176 g/mol. The third-order valence-corrected chi connectivity index (χ3v) is 2.62. The molecule has 0 bridgehead atoms. The van der Waals surface area contributed by atoms with Crippen molar-refractivity contribution >= 4 is 0 Å². The molecule has 0 spiro atoms. The fourth-order valence-electron chi connectivity index (χ4n) is 1.94. The fourth-order valence-corrected chi connectivity index (χ4v) is 1.94. The Kier molecular flexibility index (Phi) is 8.84. The molecule has 0 unspecified atom stereocenters. The zero-order valence-corrected chi connectivity index (χ0v) is 9.83. The standard InChI is InChI=1S/C9H18N2O.C2H6/c1-11(7-6-10-12)8-9-4-2-3-5-9;1-2/h9H,2-8H2,1H3;1-2H3. The Morgan fingerprint density at radius 2 is 1.86 bits per heavy atom. The molecular formula is C11H24N2O. The van der Waals surface area contributed by atoms with E-state index >= 15 is 0 Å². The monoisotopic (exact) mass is 200 g/mol. The summed E-state index contributed by atoms with van der Waals surface area (Å²) in [7, 11) is 2.07. The Morgan fingerprint density at radius 3 is 2.36 bits per heavy atom. The summed E-state index contributed by atoms with van der Waals surface area (Å²) in [5, 5.41) is 2.86. The number of nitroso groups, excluding NO2 is 1. The smallest absolute Gasteiger partial charge is 0.0937 e. The predicted molar refractivity (Wildman–Crippen MR) is 61.5 cm³/mol. The van der Waals surface area contributed by atoms with E-state index < -0.39 is 0 Å². The Labute approximate surface area is 87.8 Å². The normalized spacial score (nSPS) is 16.6. The van der Waals surface area contributed by atoms with Crippen LogP contribution in [-0.2, 0) is 0 Å². The topological polar surface area (TPSA) is 32.7 Å². The van der Waals surface area contributed by atoms with E-state index in [1.807, 2.05) is 13.8 Å². The van der Waals surface area contributed by atoms with Crippen LogP contribution in [-0.4, -0.2) is 31.6 Å². The van der Waals surface area contributed by atoms with Gasteiger partial charge in [0, 0.05) is 13.1 Å². The van der Waals surface area contributed by atoms with Gasteiger partial charge in [-0.25, -0.2) is 0 Å². The van der Waals surface area contributed by atoms with Crippen molar-refractivity contribution in [3.8, 4) is 0 Å². The van der Waals surface area contributed by atoms with Gasteiger partial charge in [0.1, 0.15) is 0 Å². The Balaban J connectivity index is 0.000000791. The molecule has 0 heterocycles. The Hall–Kier alpha value is -0.440. The summed E-state index contributed by atoms with van der Waals surface area (Å²) in [6.07, 6.45) is 5.53. The van der Waals surface area contributed by atoms with Gasteiger partial charge >= 0.3 is 0 Å². The van der Waals surface area contributed by atoms with E-state index in [2.05, 4.69) is 17.1 Å². The van der Waals surface area contributed by atoms with E-state index in [9.17, 15) is 4.91 Å². The maximum Gasteiger partial charge on any atom is 0.0937 e. The van der Waals surface area contributed by atoms with Gasteiger partial charge in [-0.3, -0.25) is 0 Å². The highest BCUT2D eigenvalue weighted by atomic mass is 16.3. The molecule has 84 valence electrons. The molecule has 1 rings (SSSR count). The third-order valence-electron chi connectivity index (χ3n) is 2.62. The van der Waals surface area contributed by atoms with E-state index in [1.54, 1.807) is 0 Å². The summed E-state index contributed by atoms with van der Waals surface area (Å²) in [6, 6.07) is 0. The average molecular weight is 200 g/mol. The first-order valence-electron chi connectivity index (χ1n) is 5.80. The molecule has 3 nitrogen and oxygen atoms in total. The minimum Gasteiger partial charge on any atom is -0.304 e. The van der Waals surface area contributed by atoms with E-state index in [4.69, 9.17) is 0 Å². The summed E-state index contributed by atoms with van der Waals surface area (Å²) < 4.78 is 0. The SMILES string of the molecule is CC.CN(CCN=O)CC1CCCC1. The molecule has 14 heavy (non-hydrogen) atoms. The lowest BCUT2D eigenvalue weighted by Gasteiger charge is -2.18. The van der Waals surface area contributed by atoms with Crippen LogP contribution in [0.1, 0.15) is 39.5 Å². The lowest BCUT2D eigenvalue weighted by molar-refractivity contribution is 0.285. The maximum absolute atomic E-state index is 9.87. The van der Waals surface area contributed by atoms with Crippen LogP contribution in [0.3, 0.4) is 0 Å². The summed E-state index contributed by atoms with van der Waals surface area (Å²) in [6.45, 7) is 6.40. The number of hydrogen-bond donors (Lipinski definition) is 0. The van der Waals surface area contributed by atoms with E-state index in [-0.39, 0.29) is 0 Å². The zero-order valence-electron chi connectivity index (χ0n) is 9.83. The summed E-state index contributed by atoms with van der Waals surface area (Å²) in [5.41, 5.74) is 0. The van der Waals surface area contributed by atoms with Crippen LogP contribution in [0.25, 0.3) is 0 Å². The van der Waals surface area contributed by atoms with Crippen molar-refractivity contribution in [3.05, 3.63) is 4.91 Å². The lowest BCUT2D eigenvalue weighted by Crippen LogP contribution is -2.26. The molecule has 0 saturated heterocycles. The first-order valence-corrected chi connectivity index (χ1v) is 5.80. The Bertz CT molecular complexity index is 133. The quantitative estimate of drug-likeness (QED) is 0.639. The molecule has 0 amide bonds. The van der Waals surface area contributed by atoms with Crippen molar-refractivity contribution in [1.29, 1.82) is 0 Å². The molecule has 0 aliphatic heterocycles. The van der Waals surface area contributed by atoms with Crippen LogP contribution in [0.15, 0.2) is 5.18 Å². The van der Waals surface area contributed by atoms with Crippen molar-refractivity contribution in [2.24, 2.45) is 11.1 Å². The largest absolute Gasteiger partial charge is 0.304 e. The van der Waals surface area contributed by atoms with Gasteiger partial charge in [-0.1, -0.05) is 31.9 Å². The van der Waals surface area contributed by atoms with Crippen LogP contribution in [0.2, 0.25) is 0 Å². The second-order valence-corrected chi connectivity index (χ2v) is 3.77. The van der Waals surface area contributed by atoms with Gasteiger partial charge < -0.3 is 4.90 Å². The van der Waals surface area contributed by atoms with Crippen molar-refractivity contribution < 1.29 is 0 Å². The van der Waals surface area contributed by atoms with Gasteiger partial charge in [0.25, 0.3) is 0 Å². The first kappa shape index (κ1) is 13.6. The number of nitrogens with zero attached hydrogens (tertiary/aromatic N) is 2. The van der Waals surface area contributed by atoms with E-state index in [0.717, 1.165) is 19.0 Å². The molecule has 0 N–H and O–H groups in total. The molecule has 3 heteroatoms. The van der Waals surface area contributed by atoms with Crippen molar-refractivity contribution in [1.82, 2.24) is 4.90 Å². The number of rotatable bonds is 5. The average Bonchev–Trinajstić information content (AvgIpc) is 2.70.